The second kappa shape index (κ2) is 6.47. The topological polar surface area (TPSA) is 13.1 Å². The van der Waals surface area contributed by atoms with Crippen LogP contribution in [-0.2, 0) is 12.8 Å². The molecule has 1 aliphatic carbocycles. The average molecular weight is 320 g/mol. The number of hydrogen-bond donors (Lipinski definition) is 0. The van der Waals surface area contributed by atoms with Gasteiger partial charge in [0.25, 0.3) is 0 Å². The highest BCUT2D eigenvalue weighted by Gasteiger charge is 2.19. The van der Waals surface area contributed by atoms with Crippen molar-refractivity contribution >= 4 is 11.0 Å². The molecule has 1 atom stereocenters. The summed E-state index contributed by atoms with van der Waals surface area (Å²) in [5, 5.41) is 1.21. The van der Waals surface area contributed by atoms with E-state index in [1.807, 2.05) is 6.92 Å². The largest absolute Gasteiger partial charge is 0.461 e. The van der Waals surface area contributed by atoms with E-state index < -0.39 is 0 Å². The molecule has 0 N–H and O–H groups in total. The van der Waals surface area contributed by atoms with Gasteiger partial charge in [0.1, 0.15) is 11.3 Å². The van der Waals surface area contributed by atoms with Gasteiger partial charge < -0.3 is 4.42 Å². The summed E-state index contributed by atoms with van der Waals surface area (Å²) in [5.41, 5.74) is 9.73. The Balaban J connectivity index is 0.000000141. The Bertz CT molecular complexity index is 883. The molecule has 1 heteroatoms. The van der Waals surface area contributed by atoms with Crippen molar-refractivity contribution in [3.05, 3.63) is 69.5 Å². The lowest BCUT2D eigenvalue weighted by Gasteiger charge is -2.06. The van der Waals surface area contributed by atoms with Crippen molar-refractivity contribution < 1.29 is 4.42 Å². The van der Waals surface area contributed by atoms with Gasteiger partial charge in [-0.25, -0.2) is 0 Å². The molecule has 126 valence electrons. The molecule has 0 saturated heterocycles. The Morgan fingerprint density at radius 2 is 1.62 bits per heavy atom. The second-order valence-electron chi connectivity index (χ2n) is 7.52. The maximum Gasteiger partial charge on any atom is 0.137 e. The Hall–Kier alpha value is -2.02. The lowest BCUT2D eigenvalue weighted by Crippen LogP contribution is -1.91. The highest BCUT2D eigenvalue weighted by Crippen LogP contribution is 2.30. The van der Waals surface area contributed by atoms with E-state index in [1.165, 1.54) is 40.5 Å². The minimum Gasteiger partial charge on any atom is -0.461 e. The minimum atomic E-state index is 0.862. The molecule has 0 saturated carbocycles. The fourth-order valence-electron chi connectivity index (χ4n) is 3.84. The molecule has 0 spiro atoms. The predicted molar refractivity (Wildman–Crippen MR) is 103 cm³/mol. The summed E-state index contributed by atoms with van der Waals surface area (Å²) in [6.07, 6.45) is 2.58. The molecule has 1 heterocycles. The molecular formula is C23H28O. The molecule has 0 fully saturated rings. The third-order valence-corrected chi connectivity index (χ3v) is 5.16. The Morgan fingerprint density at radius 3 is 2.38 bits per heavy atom. The molecule has 1 unspecified atom stereocenters. The Labute approximate surface area is 145 Å². The number of furan rings is 1. The molecular weight excluding hydrogens is 292 g/mol. The predicted octanol–water partition coefficient (Wildman–Crippen LogP) is 6.40. The number of aryl methyl sites for hydroxylation is 4. The maximum absolute atomic E-state index is 5.55. The van der Waals surface area contributed by atoms with Gasteiger partial charge >= 0.3 is 0 Å². The van der Waals surface area contributed by atoms with Crippen LogP contribution in [0, 0.1) is 40.5 Å². The van der Waals surface area contributed by atoms with Gasteiger partial charge in [-0.15, -0.1) is 0 Å². The Kier molecular flexibility index (Phi) is 4.54. The van der Waals surface area contributed by atoms with Gasteiger partial charge in [0.2, 0.25) is 0 Å². The fraction of sp³-hybridized carbons (Fsp3) is 0.391. The molecule has 1 aliphatic rings. The van der Waals surface area contributed by atoms with Crippen molar-refractivity contribution in [2.45, 2.75) is 54.4 Å². The highest BCUT2D eigenvalue weighted by atomic mass is 16.3. The minimum absolute atomic E-state index is 0.862. The van der Waals surface area contributed by atoms with Crippen LogP contribution in [-0.4, -0.2) is 0 Å². The molecule has 3 aromatic rings. The molecule has 24 heavy (non-hydrogen) atoms. The normalized spacial score (nSPS) is 16.0. The number of benzene rings is 2. The molecule has 1 nitrogen and oxygen atoms in total. The van der Waals surface area contributed by atoms with Crippen molar-refractivity contribution in [1.29, 1.82) is 0 Å². The quantitative estimate of drug-likeness (QED) is 0.467. The first-order valence-corrected chi connectivity index (χ1v) is 8.90. The zero-order valence-corrected chi connectivity index (χ0v) is 15.8. The van der Waals surface area contributed by atoms with E-state index in [2.05, 4.69) is 65.0 Å². The molecule has 2 aromatic carbocycles. The first-order chi connectivity index (χ1) is 11.3. The van der Waals surface area contributed by atoms with Crippen molar-refractivity contribution in [3.63, 3.8) is 0 Å². The van der Waals surface area contributed by atoms with Crippen molar-refractivity contribution in [3.8, 4) is 0 Å². The summed E-state index contributed by atoms with van der Waals surface area (Å²) in [5.74, 6) is 1.85. The van der Waals surface area contributed by atoms with Gasteiger partial charge in [-0.1, -0.05) is 30.7 Å². The number of hydrogen-bond acceptors (Lipinski definition) is 1. The van der Waals surface area contributed by atoms with Crippen LogP contribution in [0.25, 0.3) is 11.0 Å². The smallest absolute Gasteiger partial charge is 0.137 e. The summed E-state index contributed by atoms with van der Waals surface area (Å²) >= 11 is 0. The SMILES string of the molecule is Cc1cc(C)c2oc(C)cc2c1.Cc1ccc2c(c1C)CC(C)C2. The van der Waals surface area contributed by atoms with Gasteiger partial charge in [0, 0.05) is 5.39 Å². The fourth-order valence-corrected chi connectivity index (χ4v) is 3.84. The van der Waals surface area contributed by atoms with E-state index in [0.29, 0.717) is 0 Å². The summed E-state index contributed by atoms with van der Waals surface area (Å²) in [6, 6.07) is 10.9. The van der Waals surface area contributed by atoms with Crippen molar-refractivity contribution in [2.24, 2.45) is 5.92 Å². The zero-order valence-electron chi connectivity index (χ0n) is 15.8. The van der Waals surface area contributed by atoms with E-state index in [-0.39, 0.29) is 0 Å². The summed E-state index contributed by atoms with van der Waals surface area (Å²) in [7, 11) is 0. The third kappa shape index (κ3) is 3.26. The first kappa shape index (κ1) is 16.8. The van der Waals surface area contributed by atoms with Gasteiger partial charge in [-0.05, 0) is 93.3 Å². The molecule has 0 aliphatic heterocycles. The Morgan fingerprint density at radius 1 is 0.875 bits per heavy atom. The van der Waals surface area contributed by atoms with E-state index in [9.17, 15) is 0 Å². The molecule has 0 radical (unpaired) electrons. The van der Waals surface area contributed by atoms with Crippen molar-refractivity contribution in [1.82, 2.24) is 0 Å². The van der Waals surface area contributed by atoms with Gasteiger partial charge in [-0.2, -0.15) is 0 Å². The van der Waals surface area contributed by atoms with Crippen LogP contribution in [0.2, 0.25) is 0 Å². The molecule has 4 rings (SSSR count). The van der Waals surface area contributed by atoms with E-state index in [0.717, 1.165) is 17.3 Å². The van der Waals surface area contributed by atoms with Gasteiger partial charge in [0.05, 0.1) is 0 Å². The summed E-state index contributed by atoms with van der Waals surface area (Å²) < 4.78 is 5.55. The standard InChI is InChI=1S/C12H16.C11H12O/c1-8-6-11-5-4-9(2)10(3)12(11)7-8;1-7-4-8(2)11-10(5-7)6-9(3)12-11/h4-5,8H,6-7H2,1-3H3;4-6H,1-3H3. The number of fused-ring (bicyclic) bond motifs is 2. The van der Waals surface area contributed by atoms with Crippen LogP contribution in [0.5, 0.6) is 0 Å². The number of rotatable bonds is 0. The van der Waals surface area contributed by atoms with Crippen LogP contribution < -0.4 is 0 Å². The molecule has 1 aromatic heterocycles. The lowest BCUT2D eigenvalue weighted by molar-refractivity contribution is 0.576. The summed E-state index contributed by atoms with van der Waals surface area (Å²) in [4.78, 5) is 0. The average Bonchev–Trinajstić information content (AvgIpc) is 3.06. The first-order valence-electron chi connectivity index (χ1n) is 8.90. The lowest BCUT2D eigenvalue weighted by atomic mass is 10.00. The second-order valence-corrected chi connectivity index (χ2v) is 7.52. The zero-order chi connectivity index (χ0) is 17.4. The highest BCUT2D eigenvalue weighted by molar-refractivity contribution is 5.81. The van der Waals surface area contributed by atoms with Crippen LogP contribution in [0.1, 0.15) is 46.1 Å². The van der Waals surface area contributed by atoms with Gasteiger partial charge in [-0.3, -0.25) is 0 Å². The third-order valence-electron chi connectivity index (χ3n) is 5.16. The van der Waals surface area contributed by atoms with E-state index in [1.54, 1.807) is 11.1 Å². The monoisotopic (exact) mass is 320 g/mol. The van der Waals surface area contributed by atoms with E-state index >= 15 is 0 Å². The van der Waals surface area contributed by atoms with Crippen LogP contribution >= 0.6 is 0 Å². The van der Waals surface area contributed by atoms with Crippen LogP contribution in [0.3, 0.4) is 0 Å². The van der Waals surface area contributed by atoms with Crippen LogP contribution in [0.4, 0.5) is 0 Å². The van der Waals surface area contributed by atoms with Gasteiger partial charge in [0.15, 0.2) is 0 Å². The van der Waals surface area contributed by atoms with E-state index in [4.69, 9.17) is 4.42 Å². The van der Waals surface area contributed by atoms with Crippen molar-refractivity contribution in [2.75, 3.05) is 0 Å². The molecule has 0 amide bonds. The molecule has 0 bridgehead atoms. The van der Waals surface area contributed by atoms with Crippen LogP contribution in [0.15, 0.2) is 34.7 Å². The maximum atomic E-state index is 5.55. The summed E-state index contributed by atoms with van der Waals surface area (Å²) in [6.45, 7) is 13.0.